The lowest BCUT2D eigenvalue weighted by atomic mass is 10.00. The number of phosphoric acid groups is 2. The van der Waals surface area contributed by atoms with Gasteiger partial charge in [-0.2, -0.15) is 0 Å². The number of hydrogen-bond donors (Lipinski definition) is 3. The van der Waals surface area contributed by atoms with E-state index in [0.717, 1.165) is 127 Å². The monoisotopic (exact) mass is 1260 g/mol. The zero-order chi connectivity index (χ0) is 63.8. The van der Waals surface area contributed by atoms with Crippen molar-refractivity contribution in [1.29, 1.82) is 0 Å². The van der Waals surface area contributed by atoms with Gasteiger partial charge in [-0.3, -0.25) is 37.3 Å². The van der Waals surface area contributed by atoms with Crippen LogP contribution in [-0.4, -0.2) is 96.7 Å². The van der Waals surface area contributed by atoms with Gasteiger partial charge in [-0.25, -0.2) is 9.13 Å². The van der Waals surface area contributed by atoms with Gasteiger partial charge in [0.1, 0.15) is 19.3 Å². The highest BCUT2D eigenvalue weighted by Crippen LogP contribution is 2.45. The van der Waals surface area contributed by atoms with Crippen LogP contribution in [0.2, 0.25) is 0 Å². The van der Waals surface area contributed by atoms with Crippen LogP contribution in [0.5, 0.6) is 0 Å². The summed E-state index contributed by atoms with van der Waals surface area (Å²) in [6.07, 6.45) is 42.7. The third kappa shape index (κ3) is 59.2. The van der Waals surface area contributed by atoms with E-state index in [4.69, 9.17) is 37.0 Å². The Morgan fingerprint density at radius 3 is 1.03 bits per heavy atom. The number of hydrogen-bond acceptors (Lipinski definition) is 15. The second-order valence-corrected chi connectivity index (χ2v) is 27.6. The summed E-state index contributed by atoms with van der Waals surface area (Å²) in [5.41, 5.74) is 0. The molecule has 3 unspecified atom stereocenters. The van der Waals surface area contributed by atoms with E-state index in [0.29, 0.717) is 31.6 Å². The van der Waals surface area contributed by atoms with Crippen LogP contribution in [0.15, 0.2) is 24.3 Å². The van der Waals surface area contributed by atoms with Crippen LogP contribution in [0.25, 0.3) is 0 Å². The number of unbranched alkanes of at least 4 members (excludes halogenated alkanes) is 27. The normalized spacial score (nSPS) is 14.8. The highest BCUT2D eigenvalue weighted by Gasteiger charge is 2.30. The molecule has 86 heavy (non-hydrogen) atoms. The SMILES string of the molecule is CCCCCC/C=C\C=C/CCCCCCCC(=O)O[C@H](COC(=O)CCCCCCCCCCC(C)C)COP(=O)(O)OC[C@@H](O)COP(=O)(O)OC[C@@H](COC(=O)CCCCCCCCC(C)CC)OC(=O)CCCCCCCCCC(C)C. The zero-order valence-corrected chi connectivity index (χ0v) is 57.0. The lowest BCUT2D eigenvalue weighted by Gasteiger charge is -2.21. The van der Waals surface area contributed by atoms with Crippen molar-refractivity contribution in [3.8, 4) is 0 Å². The molecule has 0 rings (SSSR count). The molecular formula is C67H126O17P2. The molecule has 17 nitrogen and oxygen atoms in total. The van der Waals surface area contributed by atoms with E-state index in [9.17, 15) is 43.2 Å². The smallest absolute Gasteiger partial charge is 0.462 e. The fraction of sp³-hybridized carbons (Fsp3) is 0.881. The first-order valence-corrected chi connectivity index (χ1v) is 37.2. The minimum absolute atomic E-state index is 0.0837. The van der Waals surface area contributed by atoms with Crippen LogP contribution < -0.4 is 0 Å². The number of ether oxygens (including phenoxy) is 4. The number of carbonyl (C=O) groups is 4. The summed E-state index contributed by atoms with van der Waals surface area (Å²) in [6.45, 7) is 11.6. The van der Waals surface area contributed by atoms with Gasteiger partial charge in [0.25, 0.3) is 0 Å². The summed E-state index contributed by atoms with van der Waals surface area (Å²) < 4.78 is 68.0. The Morgan fingerprint density at radius 2 is 0.686 bits per heavy atom. The van der Waals surface area contributed by atoms with Crippen molar-refractivity contribution in [3.05, 3.63) is 24.3 Å². The molecule has 0 aliphatic heterocycles. The van der Waals surface area contributed by atoms with Gasteiger partial charge >= 0.3 is 39.5 Å². The third-order valence-corrected chi connectivity index (χ3v) is 17.0. The Balaban J connectivity index is 5.29. The van der Waals surface area contributed by atoms with Crippen molar-refractivity contribution >= 4 is 39.5 Å². The number of carbonyl (C=O) groups excluding carboxylic acids is 4. The number of esters is 4. The summed E-state index contributed by atoms with van der Waals surface area (Å²) in [5.74, 6) is -0.0194. The fourth-order valence-electron chi connectivity index (χ4n) is 9.44. The van der Waals surface area contributed by atoms with Gasteiger partial charge in [-0.05, 0) is 69.1 Å². The van der Waals surface area contributed by atoms with Gasteiger partial charge in [-0.1, -0.05) is 253 Å². The first-order chi connectivity index (χ1) is 41.3. The molecule has 19 heteroatoms. The van der Waals surface area contributed by atoms with E-state index in [2.05, 4.69) is 72.8 Å². The first kappa shape index (κ1) is 83.5. The minimum Gasteiger partial charge on any atom is -0.462 e. The second kappa shape index (κ2) is 57.7. The van der Waals surface area contributed by atoms with Gasteiger partial charge in [0, 0.05) is 25.7 Å². The topological polar surface area (TPSA) is 237 Å². The molecule has 0 aromatic heterocycles. The van der Waals surface area contributed by atoms with E-state index in [1.54, 1.807) is 0 Å². The van der Waals surface area contributed by atoms with Crippen LogP contribution in [0.1, 0.15) is 305 Å². The van der Waals surface area contributed by atoms with Crippen molar-refractivity contribution in [1.82, 2.24) is 0 Å². The van der Waals surface area contributed by atoms with Crippen LogP contribution in [-0.2, 0) is 65.4 Å². The van der Waals surface area contributed by atoms with E-state index >= 15 is 0 Å². The van der Waals surface area contributed by atoms with E-state index in [1.807, 2.05) is 0 Å². The molecule has 0 saturated heterocycles. The van der Waals surface area contributed by atoms with Crippen molar-refractivity contribution in [3.63, 3.8) is 0 Å². The second-order valence-electron chi connectivity index (χ2n) is 24.7. The molecule has 0 aromatic carbocycles. The summed E-state index contributed by atoms with van der Waals surface area (Å²) in [6, 6.07) is 0. The quantitative estimate of drug-likeness (QED) is 0.0169. The first-order valence-electron chi connectivity index (χ1n) is 34.2. The minimum atomic E-state index is -4.96. The molecule has 0 fully saturated rings. The highest BCUT2D eigenvalue weighted by atomic mass is 31.2. The van der Waals surface area contributed by atoms with Crippen molar-refractivity contribution < 1.29 is 80.2 Å². The largest absolute Gasteiger partial charge is 0.472 e. The Labute approximate surface area is 522 Å². The van der Waals surface area contributed by atoms with Gasteiger partial charge in [-0.15, -0.1) is 0 Å². The summed E-state index contributed by atoms with van der Waals surface area (Å²) >= 11 is 0. The third-order valence-electron chi connectivity index (χ3n) is 15.1. The maximum atomic E-state index is 13.0. The Kier molecular flexibility index (Phi) is 56.0. The number of rotatable bonds is 63. The molecule has 6 atom stereocenters. The maximum absolute atomic E-state index is 13.0. The Hall–Kier alpha value is -2.46. The maximum Gasteiger partial charge on any atom is 0.472 e. The predicted octanol–water partition coefficient (Wildman–Crippen LogP) is 18.2. The van der Waals surface area contributed by atoms with E-state index < -0.39 is 97.5 Å². The molecule has 0 aliphatic rings. The summed E-state index contributed by atoms with van der Waals surface area (Å²) in [7, 11) is -9.91. The average molecular weight is 1270 g/mol. The van der Waals surface area contributed by atoms with E-state index in [-0.39, 0.29) is 25.7 Å². The molecule has 0 spiro atoms. The van der Waals surface area contributed by atoms with Crippen LogP contribution in [0.3, 0.4) is 0 Å². The molecule has 0 amide bonds. The van der Waals surface area contributed by atoms with Crippen molar-refractivity contribution in [2.45, 2.75) is 324 Å². The Bertz CT molecular complexity index is 1790. The molecule has 0 aromatic rings. The molecule has 506 valence electrons. The van der Waals surface area contributed by atoms with Gasteiger partial charge in [0.05, 0.1) is 26.4 Å². The predicted molar refractivity (Wildman–Crippen MR) is 344 cm³/mol. The van der Waals surface area contributed by atoms with Crippen molar-refractivity contribution in [2.24, 2.45) is 17.8 Å². The van der Waals surface area contributed by atoms with Gasteiger partial charge < -0.3 is 33.8 Å². The summed E-state index contributed by atoms with van der Waals surface area (Å²) in [5, 5.41) is 10.6. The molecule has 0 saturated carbocycles. The molecule has 3 N–H and O–H groups in total. The number of phosphoric ester groups is 2. The molecule has 0 heterocycles. The number of allylic oxidation sites excluding steroid dienone is 4. The van der Waals surface area contributed by atoms with E-state index in [1.165, 1.54) is 89.9 Å². The standard InChI is InChI=1S/C67H126O17P2/c1-8-10-11-12-13-14-15-16-17-18-19-20-27-36-43-50-66(71)83-62(54-77-64(69)48-41-34-26-22-21-24-31-38-45-58(3)4)56-81-85(73,74)79-52-61(68)53-80-86(75,76)82-57-63(84-67(72)51-44-37-28-23-25-32-39-46-59(5)6)55-78-65(70)49-42-35-30-29-33-40-47-60(7)9-2/h14-17,58-63,68H,8-13,18-57H2,1-7H3,(H,73,74)(H,75,76)/b15-14-,17-16-/t60?,61-,62-,63-/m1/s1. The van der Waals surface area contributed by atoms with Gasteiger partial charge in [0.2, 0.25) is 0 Å². The van der Waals surface area contributed by atoms with Crippen LogP contribution in [0.4, 0.5) is 0 Å². The molecule has 0 aliphatic carbocycles. The lowest BCUT2D eigenvalue weighted by molar-refractivity contribution is -0.161. The van der Waals surface area contributed by atoms with Crippen LogP contribution in [0, 0.1) is 17.8 Å². The van der Waals surface area contributed by atoms with Crippen molar-refractivity contribution in [2.75, 3.05) is 39.6 Å². The summed E-state index contributed by atoms with van der Waals surface area (Å²) in [4.78, 5) is 72.3. The zero-order valence-electron chi connectivity index (χ0n) is 55.3. The average Bonchev–Trinajstić information content (AvgIpc) is 3.68. The number of aliphatic hydroxyl groups is 1. The Morgan fingerprint density at radius 1 is 0.384 bits per heavy atom. The highest BCUT2D eigenvalue weighted by molar-refractivity contribution is 7.47. The molecule has 0 radical (unpaired) electrons. The lowest BCUT2D eigenvalue weighted by Crippen LogP contribution is -2.30. The fourth-order valence-corrected chi connectivity index (χ4v) is 11.0. The molecular weight excluding hydrogens is 1140 g/mol. The van der Waals surface area contributed by atoms with Gasteiger partial charge in [0.15, 0.2) is 12.2 Å². The van der Waals surface area contributed by atoms with Crippen LogP contribution >= 0.6 is 15.6 Å². The molecule has 0 bridgehead atoms. The number of aliphatic hydroxyl groups excluding tert-OH is 1.